The predicted molar refractivity (Wildman–Crippen MR) is 88.3 cm³/mol. The van der Waals surface area contributed by atoms with Gasteiger partial charge in [-0.1, -0.05) is 5.16 Å². The number of nitrogens with two attached hydrogens (primary N) is 1. The van der Waals surface area contributed by atoms with Crippen LogP contribution in [0.2, 0.25) is 0 Å². The Balaban J connectivity index is 1.38. The van der Waals surface area contributed by atoms with Crippen molar-refractivity contribution in [2.75, 3.05) is 26.2 Å². The molecule has 2 saturated heterocycles. The van der Waals surface area contributed by atoms with Gasteiger partial charge >= 0.3 is 0 Å². The summed E-state index contributed by atoms with van der Waals surface area (Å²) in [4.78, 5) is 32.6. The van der Waals surface area contributed by atoms with E-state index in [0.29, 0.717) is 31.4 Å². The molecule has 0 bridgehead atoms. The van der Waals surface area contributed by atoms with Crippen LogP contribution in [-0.4, -0.2) is 57.9 Å². The average Bonchev–Trinajstić information content (AvgIpc) is 3.16. The van der Waals surface area contributed by atoms with E-state index in [2.05, 4.69) is 15.0 Å². The van der Waals surface area contributed by atoms with Crippen LogP contribution in [0.4, 0.5) is 0 Å². The molecule has 2 amide bonds. The molecule has 0 aromatic carbocycles. The van der Waals surface area contributed by atoms with E-state index in [0.717, 1.165) is 51.0 Å². The first-order valence-corrected chi connectivity index (χ1v) is 9.26. The highest BCUT2D eigenvalue weighted by atomic mass is 16.5. The second-order valence-electron chi connectivity index (χ2n) is 7.47. The highest BCUT2D eigenvalue weighted by Crippen LogP contribution is 2.40. The van der Waals surface area contributed by atoms with Gasteiger partial charge in [0.25, 0.3) is 0 Å². The van der Waals surface area contributed by atoms with Gasteiger partial charge in [0.05, 0.1) is 18.5 Å². The van der Waals surface area contributed by atoms with E-state index in [4.69, 9.17) is 10.3 Å². The summed E-state index contributed by atoms with van der Waals surface area (Å²) in [6.07, 6.45) is 5.83. The fourth-order valence-electron chi connectivity index (χ4n) is 3.90. The van der Waals surface area contributed by atoms with Gasteiger partial charge in [0.2, 0.25) is 17.7 Å². The molecule has 25 heavy (non-hydrogen) atoms. The van der Waals surface area contributed by atoms with Crippen LogP contribution in [0.25, 0.3) is 0 Å². The summed E-state index contributed by atoms with van der Waals surface area (Å²) >= 11 is 0. The molecular formula is C17H25N5O3. The molecule has 0 radical (unpaired) electrons. The van der Waals surface area contributed by atoms with E-state index in [-0.39, 0.29) is 23.8 Å². The minimum Gasteiger partial charge on any atom is -0.369 e. The van der Waals surface area contributed by atoms with Gasteiger partial charge < -0.3 is 15.2 Å². The Labute approximate surface area is 146 Å². The Hall–Kier alpha value is -1.96. The number of carbonyl (C=O) groups is 2. The van der Waals surface area contributed by atoms with Crippen LogP contribution in [0.1, 0.15) is 62.2 Å². The lowest BCUT2D eigenvalue weighted by Crippen LogP contribution is -2.47. The van der Waals surface area contributed by atoms with Gasteiger partial charge in [0.1, 0.15) is 0 Å². The monoisotopic (exact) mass is 347 g/mol. The Morgan fingerprint density at radius 2 is 1.96 bits per heavy atom. The van der Waals surface area contributed by atoms with Crippen LogP contribution in [0, 0.1) is 5.92 Å². The number of aromatic nitrogens is 2. The van der Waals surface area contributed by atoms with Gasteiger partial charge in [-0.3, -0.25) is 14.5 Å². The van der Waals surface area contributed by atoms with E-state index < -0.39 is 0 Å². The number of amides is 2. The minimum atomic E-state index is -0.309. The number of hydrogen-bond acceptors (Lipinski definition) is 6. The molecular weight excluding hydrogens is 322 g/mol. The number of nitrogens with zero attached hydrogens (tertiary/aromatic N) is 4. The van der Waals surface area contributed by atoms with Crippen LogP contribution in [0.3, 0.4) is 0 Å². The van der Waals surface area contributed by atoms with Crippen molar-refractivity contribution in [2.24, 2.45) is 11.7 Å². The van der Waals surface area contributed by atoms with Gasteiger partial charge in [-0.2, -0.15) is 4.98 Å². The van der Waals surface area contributed by atoms with E-state index >= 15 is 0 Å². The molecule has 0 unspecified atom stereocenters. The van der Waals surface area contributed by atoms with Crippen molar-refractivity contribution in [3.05, 3.63) is 11.7 Å². The van der Waals surface area contributed by atoms with Crippen molar-refractivity contribution < 1.29 is 14.1 Å². The maximum absolute atomic E-state index is 12.7. The smallest absolute Gasteiger partial charge is 0.236 e. The number of likely N-dealkylation sites (tertiary alicyclic amines) is 2. The van der Waals surface area contributed by atoms with Crippen LogP contribution in [0.15, 0.2) is 4.52 Å². The lowest BCUT2D eigenvalue weighted by molar-refractivity contribution is -0.136. The number of rotatable bonds is 5. The van der Waals surface area contributed by atoms with E-state index in [1.807, 2.05) is 0 Å². The summed E-state index contributed by atoms with van der Waals surface area (Å²) < 4.78 is 5.38. The standard InChI is InChI=1S/C17H25N5O3/c18-15(24)12-3-1-8-22(9-12)14(23)10-21-7-2-4-13(21)16-19-17(25-20-16)11-5-6-11/h11-13H,1-10H2,(H2,18,24)/t12-,13+/m0/s1. The molecule has 2 aliphatic heterocycles. The molecule has 1 aliphatic carbocycles. The Morgan fingerprint density at radius 3 is 2.72 bits per heavy atom. The van der Waals surface area contributed by atoms with Gasteiger partial charge in [-0.25, -0.2) is 0 Å². The third-order valence-electron chi connectivity index (χ3n) is 5.56. The molecule has 2 atom stereocenters. The average molecular weight is 347 g/mol. The Bertz CT molecular complexity index is 656. The number of piperidine rings is 1. The Kier molecular flexibility index (Phi) is 4.45. The zero-order valence-electron chi connectivity index (χ0n) is 14.4. The lowest BCUT2D eigenvalue weighted by atomic mass is 9.97. The highest BCUT2D eigenvalue weighted by molar-refractivity contribution is 5.81. The highest BCUT2D eigenvalue weighted by Gasteiger charge is 2.36. The fraction of sp³-hybridized carbons (Fsp3) is 0.765. The summed E-state index contributed by atoms with van der Waals surface area (Å²) in [7, 11) is 0. The molecule has 3 heterocycles. The number of hydrogen-bond donors (Lipinski definition) is 1. The molecule has 1 saturated carbocycles. The first-order chi connectivity index (χ1) is 12.1. The SMILES string of the molecule is NC(=O)[C@H]1CCCN(C(=O)CN2CCC[C@@H]2c2noc(C3CC3)n2)C1. The quantitative estimate of drug-likeness (QED) is 0.845. The van der Waals surface area contributed by atoms with E-state index in [9.17, 15) is 9.59 Å². The summed E-state index contributed by atoms with van der Waals surface area (Å²) in [5, 5.41) is 4.15. The van der Waals surface area contributed by atoms with Crippen molar-refractivity contribution in [3.63, 3.8) is 0 Å². The van der Waals surface area contributed by atoms with Crippen LogP contribution in [-0.2, 0) is 9.59 Å². The molecule has 2 N–H and O–H groups in total. The van der Waals surface area contributed by atoms with Crippen molar-refractivity contribution in [1.82, 2.24) is 19.9 Å². The molecule has 1 aromatic rings. The Morgan fingerprint density at radius 1 is 1.16 bits per heavy atom. The second-order valence-corrected chi connectivity index (χ2v) is 7.47. The molecule has 136 valence electrons. The first-order valence-electron chi connectivity index (χ1n) is 9.26. The molecule has 4 rings (SSSR count). The predicted octanol–water partition coefficient (Wildman–Crippen LogP) is 0.808. The lowest BCUT2D eigenvalue weighted by Gasteiger charge is -2.33. The van der Waals surface area contributed by atoms with Gasteiger partial charge in [-0.05, 0) is 45.1 Å². The summed E-state index contributed by atoms with van der Waals surface area (Å²) in [6.45, 7) is 2.34. The van der Waals surface area contributed by atoms with E-state index in [1.165, 1.54) is 0 Å². The summed E-state index contributed by atoms with van der Waals surface area (Å²) in [5.41, 5.74) is 5.41. The third-order valence-corrected chi connectivity index (χ3v) is 5.56. The molecule has 8 nitrogen and oxygen atoms in total. The molecule has 3 aliphatic rings. The van der Waals surface area contributed by atoms with E-state index in [1.54, 1.807) is 4.90 Å². The maximum atomic E-state index is 12.7. The minimum absolute atomic E-state index is 0.0527. The molecule has 3 fully saturated rings. The van der Waals surface area contributed by atoms with Crippen LogP contribution < -0.4 is 5.73 Å². The van der Waals surface area contributed by atoms with Gasteiger partial charge in [0.15, 0.2) is 5.82 Å². The topological polar surface area (TPSA) is 106 Å². The summed E-state index contributed by atoms with van der Waals surface area (Å²) in [6, 6.07) is 0.0527. The van der Waals surface area contributed by atoms with Crippen LogP contribution >= 0.6 is 0 Å². The molecule has 0 spiro atoms. The largest absolute Gasteiger partial charge is 0.369 e. The molecule has 1 aromatic heterocycles. The van der Waals surface area contributed by atoms with Crippen LogP contribution in [0.5, 0.6) is 0 Å². The fourth-order valence-corrected chi connectivity index (χ4v) is 3.90. The summed E-state index contributed by atoms with van der Waals surface area (Å²) in [5.74, 6) is 1.43. The zero-order valence-corrected chi connectivity index (χ0v) is 14.4. The molecule has 8 heteroatoms. The van der Waals surface area contributed by atoms with Gasteiger partial charge in [0, 0.05) is 19.0 Å². The zero-order chi connectivity index (χ0) is 17.4. The number of carbonyl (C=O) groups excluding carboxylic acids is 2. The van der Waals surface area contributed by atoms with Crippen molar-refractivity contribution in [2.45, 2.75) is 50.5 Å². The number of primary amides is 1. The van der Waals surface area contributed by atoms with Crippen molar-refractivity contribution in [3.8, 4) is 0 Å². The van der Waals surface area contributed by atoms with Gasteiger partial charge in [-0.15, -0.1) is 0 Å². The van der Waals surface area contributed by atoms with Crippen molar-refractivity contribution >= 4 is 11.8 Å². The normalized spacial score (nSPS) is 27.6. The maximum Gasteiger partial charge on any atom is 0.236 e. The third kappa shape index (κ3) is 3.53. The first kappa shape index (κ1) is 16.5. The second kappa shape index (κ2) is 6.74. The van der Waals surface area contributed by atoms with Crippen molar-refractivity contribution in [1.29, 1.82) is 0 Å².